The SMILES string of the molecule is COC(OC)C(Br)c1cnc(C)[nH]c1=S. The molecule has 0 aromatic carbocycles. The van der Waals surface area contributed by atoms with E-state index in [-0.39, 0.29) is 11.1 Å². The lowest BCUT2D eigenvalue weighted by Crippen LogP contribution is -2.19. The molecule has 84 valence electrons. The van der Waals surface area contributed by atoms with E-state index in [9.17, 15) is 0 Å². The Kier molecular flexibility index (Phi) is 4.85. The van der Waals surface area contributed by atoms with Gasteiger partial charge in [-0.25, -0.2) is 4.98 Å². The number of hydrogen-bond donors (Lipinski definition) is 1. The molecule has 0 saturated carbocycles. The minimum atomic E-state index is -0.385. The molecular weight excluding hydrogens is 280 g/mol. The zero-order valence-electron chi connectivity index (χ0n) is 8.78. The summed E-state index contributed by atoms with van der Waals surface area (Å²) in [5, 5.41) is 0. The molecule has 1 atom stereocenters. The Labute approximate surface area is 102 Å². The maximum atomic E-state index is 5.19. The fourth-order valence-electron chi connectivity index (χ4n) is 1.17. The van der Waals surface area contributed by atoms with Crippen molar-refractivity contribution in [2.75, 3.05) is 14.2 Å². The van der Waals surface area contributed by atoms with Crippen LogP contribution in [0, 0.1) is 11.6 Å². The molecule has 1 unspecified atom stereocenters. The van der Waals surface area contributed by atoms with Gasteiger partial charge in [0.05, 0.1) is 4.83 Å². The largest absolute Gasteiger partial charge is 0.354 e. The van der Waals surface area contributed by atoms with Gasteiger partial charge in [-0.2, -0.15) is 0 Å². The summed E-state index contributed by atoms with van der Waals surface area (Å²) in [6.45, 7) is 1.85. The zero-order valence-corrected chi connectivity index (χ0v) is 11.2. The maximum absolute atomic E-state index is 5.19. The molecule has 0 saturated heterocycles. The molecule has 1 N–H and O–H groups in total. The second kappa shape index (κ2) is 5.69. The highest BCUT2D eigenvalue weighted by Gasteiger charge is 2.21. The monoisotopic (exact) mass is 292 g/mol. The predicted octanol–water partition coefficient (Wildman–Crippen LogP) is 2.50. The van der Waals surface area contributed by atoms with E-state index in [0.29, 0.717) is 4.64 Å². The number of nitrogens with zero attached hydrogens (tertiary/aromatic N) is 1. The van der Waals surface area contributed by atoms with E-state index in [1.54, 1.807) is 20.4 Å². The minimum Gasteiger partial charge on any atom is -0.354 e. The Bertz CT molecular complexity index is 379. The van der Waals surface area contributed by atoms with E-state index in [1.807, 2.05) is 6.92 Å². The Hall–Kier alpha value is -0.300. The van der Waals surface area contributed by atoms with Crippen molar-refractivity contribution in [3.05, 3.63) is 22.2 Å². The van der Waals surface area contributed by atoms with Crippen LogP contribution in [0.15, 0.2) is 6.20 Å². The molecule has 6 heteroatoms. The first-order valence-corrected chi connectivity index (χ1v) is 5.68. The molecule has 0 amide bonds. The second-order valence-corrected chi connectivity index (χ2v) is 4.39. The summed E-state index contributed by atoms with van der Waals surface area (Å²) in [7, 11) is 3.16. The topological polar surface area (TPSA) is 47.1 Å². The molecule has 0 aliphatic heterocycles. The normalized spacial score (nSPS) is 13.1. The zero-order chi connectivity index (χ0) is 11.4. The molecule has 0 bridgehead atoms. The van der Waals surface area contributed by atoms with E-state index in [4.69, 9.17) is 21.7 Å². The summed E-state index contributed by atoms with van der Waals surface area (Å²) in [5.41, 5.74) is 0.851. The molecule has 0 aliphatic carbocycles. The number of alkyl halides is 1. The van der Waals surface area contributed by atoms with Crippen molar-refractivity contribution in [1.29, 1.82) is 0 Å². The smallest absolute Gasteiger partial charge is 0.173 e. The molecule has 1 heterocycles. The van der Waals surface area contributed by atoms with E-state index in [2.05, 4.69) is 25.9 Å². The van der Waals surface area contributed by atoms with E-state index in [0.717, 1.165) is 11.4 Å². The van der Waals surface area contributed by atoms with Crippen LogP contribution >= 0.6 is 28.1 Å². The van der Waals surface area contributed by atoms with Gasteiger partial charge in [0.25, 0.3) is 0 Å². The van der Waals surface area contributed by atoms with Crippen LogP contribution in [0.5, 0.6) is 0 Å². The van der Waals surface area contributed by atoms with Gasteiger partial charge in [-0.15, -0.1) is 0 Å². The van der Waals surface area contributed by atoms with Gasteiger partial charge in [-0.05, 0) is 6.92 Å². The highest BCUT2D eigenvalue weighted by molar-refractivity contribution is 9.09. The van der Waals surface area contributed by atoms with Gasteiger partial charge in [0.2, 0.25) is 0 Å². The fraction of sp³-hybridized carbons (Fsp3) is 0.556. The molecule has 0 aliphatic rings. The number of aryl methyl sites for hydroxylation is 1. The van der Waals surface area contributed by atoms with E-state index < -0.39 is 0 Å². The number of aromatic nitrogens is 2. The van der Waals surface area contributed by atoms with Crippen molar-refractivity contribution < 1.29 is 9.47 Å². The number of nitrogens with one attached hydrogen (secondary N) is 1. The number of ether oxygens (including phenoxy) is 2. The fourth-order valence-corrected chi connectivity index (χ4v) is 2.43. The molecular formula is C9H13BrN2O2S. The van der Waals surface area contributed by atoms with Crippen LogP contribution < -0.4 is 0 Å². The van der Waals surface area contributed by atoms with E-state index >= 15 is 0 Å². The molecule has 4 nitrogen and oxygen atoms in total. The lowest BCUT2D eigenvalue weighted by atomic mass is 10.2. The minimum absolute atomic E-state index is 0.135. The predicted molar refractivity (Wildman–Crippen MR) is 63.6 cm³/mol. The van der Waals surface area contributed by atoms with Gasteiger partial charge in [-0.3, -0.25) is 0 Å². The summed E-state index contributed by atoms with van der Waals surface area (Å²) in [4.78, 5) is 7.00. The van der Waals surface area contributed by atoms with Gasteiger partial charge in [0.1, 0.15) is 10.5 Å². The average Bonchev–Trinajstić information content (AvgIpc) is 2.19. The number of hydrogen-bond acceptors (Lipinski definition) is 4. The molecule has 1 aromatic heterocycles. The third-order valence-corrected chi connectivity index (χ3v) is 3.22. The maximum Gasteiger partial charge on any atom is 0.173 e. The molecule has 15 heavy (non-hydrogen) atoms. The first-order chi connectivity index (χ1) is 7.10. The Morgan fingerprint density at radius 3 is 2.53 bits per heavy atom. The Balaban J connectivity index is 3.00. The van der Waals surface area contributed by atoms with Crippen LogP contribution in [-0.2, 0) is 9.47 Å². The molecule has 1 aromatic rings. The molecule has 1 rings (SSSR count). The van der Waals surface area contributed by atoms with Gasteiger partial charge in [0.15, 0.2) is 6.29 Å². The number of halogens is 1. The average molecular weight is 293 g/mol. The highest BCUT2D eigenvalue weighted by Crippen LogP contribution is 2.28. The lowest BCUT2D eigenvalue weighted by molar-refractivity contribution is -0.101. The number of methoxy groups -OCH3 is 2. The van der Waals surface area contributed by atoms with Crippen LogP contribution in [0.3, 0.4) is 0 Å². The van der Waals surface area contributed by atoms with Crippen molar-refractivity contribution in [3.63, 3.8) is 0 Å². The summed E-state index contributed by atoms with van der Waals surface area (Å²) in [5.74, 6) is 0.787. The Morgan fingerprint density at radius 2 is 2.07 bits per heavy atom. The number of rotatable bonds is 4. The third-order valence-electron chi connectivity index (χ3n) is 1.95. The molecule has 0 fully saturated rings. The van der Waals surface area contributed by atoms with Gasteiger partial charge in [-0.1, -0.05) is 28.1 Å². The van der Waals surface area contributed by atoms with Crippen LogP contribution in [-0.4, -0.2) is 30.5 Å². The first kappa shape index (κ1) is 12.8. The summed E-state index contributed by atoms with van der Waals surface area (Å²) in [6, 6.07) is 0. The Morgan fingerprint density at radius 1 is 1.47 bits per heavy atom. The summed E-state index contributed by atoms with van der Waals surface area (Å²) in [6.07, 6.45) is 1.34. The van der Waals surface area contributed by atoms with Gasteiger partial charge < -0.3 is 14.5 Å². The summed E-state index contributed by atoms with van der Waals surface area (Å²) >= 11 is 8.67. The van der Waals surface area contributed by atoms with Gasteiger partial charge in [0, 0.05) is 26.0 Å². The highest BCUT2D eigenvalue weighted by atomic mass is 79.9. The van der Waals surface area contributed by atoms with Gasteiger partial charge >= 0.3 is 0 Å². The van der Waals surface area contributed by atoms with Crippen molar-refractivity contribution in [2.24, 2.45) is 0 Å². The van der Waals surface area contributed by atoms with Crippen LogP contribution in [0.2, 0.25) is 0 Å². The lowest BCUT2D eigenvalue weighted by Gasteiger charge is -2.19. The quantitative estimate of drug-likeness (QED) is 0.526. The number of H-pyrrole nitrogens is 1. The van der Waals surface area contributed by atoms with Crippen LogP contribution in [0.1, 0.15) is 16.2 Å². The molecule has 0 spiro atoms. The van der Waals surface area contributed by atoms with Crippen molar-refractivity contribution >= 4 is 28.1 Å². The van der Waals surface area contributed by atoms with Crippen molar-refractivity contribution in [3.8, 4) is 0 Å². The standard InChI is InChI=1S/C9H13BrN2O2S/c1-5-11-4-6(8(15)12-5)7(10)9(13-2)14-3/h4,7,9H,1-3H3,(H,11,12,15). The summed E-state index contributed by atoms with van der Waals surface area (Å²) < 4.78 is 10.9. The molecule has 0 radical (unpaired) electrons. The van der Waals surface area contributed by atoms with Crippen molar-refractivity contribution in [2.45, 2.75) is 18.0 Å². The van der Waals surface area contributed by atoms with Crippen molar-refractivity contribution in [1.82, 2.24) is 9.97 Å². The third kappa shape index (κ3) is 3.07. The van der Waals surface area contributed by atoms with Crippen LogP contribution in [0.25, 0.3) is 0 Å². The van der Waals surface area contributed by atoms with Crippen LogP contribution in [0.4, 0.5) is 0 Å². The first-order valence-electron chi connectivity index (χ1n) is 4.35. The second-order valence-electron chi connectivity index (χ2n) is 2.99. The number of aromatic amines is 1. The van der Waals surface area contributed by atoms with E-state index in [1.165, 1.54) is 0 Å².